The van der Waals surface area contributed by atoms with Crippen molar-refractivity contribution >= 4 is 22.6 Å². The Morgan fingerprint density at radius 3 is 2.63 bits per heavy atom. The molecule has 1 saturated heterocycles. The van der Waals surface area contributed by atoms with Gasteiger partial charge < -0.3 is 10.2 Å². The third kappa shape index (κ3) is 4.48. The molecule has 1 amide bonds. The first-order valence-electron chi connectivity index (χ1n) is 12.0. The van der Waals surface area contributed by atoms with Crippen molar-refractivity contribution in [3.05, 3.63) is 76.9 Å². The fourth-order valence-electron chi connectivity index (χ4n) is 4.81. The minimum Gasteiger partial charge on any atom is -0.352 e. The number of amides is 1. The zero-order valence-corrected chi connectivity index (χ0v) is 20.3. The van der Waals surface area contributed by atoms with E-state index in [1.165, 1.54) is 11.6 Å². The van der Waals surface area contributed by atoms with Crippen LogP contribution in [-0.4, -0.2) is 39.0 Å². The monoisotopic (exact) mass is 472 g/mol. The topological polar surface area (TPSA) is 75.9 Å². The molecule has 0 radical (unpaired) electrons. The second-order valence-electron chi connectivity index (χ2n) is 9.26. The fraction of sp³-hybridized carbons (Fsp3) is 0.333. The number of nitrogens with zero attached hydrogens (tertiary/aromatic N) is 5. The summed E-state index contributed by atoms with van der Waals surface area (Å²) in [5.41, 5.74) is 5.29. The Morgan fingerprint density at radius 1 is 1.09 bits per heavy atom. The van der Waals surface area contributed by atoms with Gasteiger partial charge in [0.25, 0.3) is 0 Å². The Kier molecular flexibility index (Phi) is 6.19. The zero-order valence-electron chi connectivity index (χ0n) is 20.3. The predicted octanol–water partition coefficient (Wildman–Crippen LogP) is 4.41. The second kappa shape index (κ2) is 9.44. The van der Waals surface area contributed by atoms with Crippen LogP contribution in [0.4, 0.5) is 10.2 Å². The fourth-order valence-corrected chi connectivity index (χ4v) is 4.81. The highest BCUT2D eigenvalue weighted by Gasteiger charge is 2.29. The number of carbonyl (C=O) groups excluding carboxylic acids is 1. The maximum absolute atomic E-state index is 13.9. The molecule has 35 heavy (non-hydrogen) atoms. The number of anilines is 1. The molecule has 7 nitrogen and oxygen atoms in total. The molecule has 1 aliphatic rings. The van der Waals surface area contributed by atoms with Gasteiger partial charge in [-0.2, -0.15) is 10.2 Å². The van der Waals surface area contributed by atoms with E-state index in [0.717, 1.165) is 47.4 Å². The van der Waals surface area contributed by atoms with E-state index in [0.29, 0.717) is 17.9 Å². The van der Waals surface area contributed by atoms with Crippen molar-refractivity contribution < 1.29 is 9.18 Å². The van der Waals surface area contributed by atoms with E-state index in [4.69, 9.17) is 5.10 Å². The van der Waals surface area contributed by atoms with Crippen LogP contribution in [0.1, 0.15) is 35.4 Å². The minimum absolute atomic E-state index is 0.0735. The van der Waals surface area contributed by atoms with Crippen molar-refractivity contribution in [1.82, 2.24) is 25.3 Å². The molecule has 3 heterocycles. The molecule has 8 heteroatoms. The third-order valence-electron chi connectivity index (χ3n) is 6.77. The zero-order chi connectivity index (χ0) is 24.5. The van der Waals surface area contributed by atoms with Crippen molar-refractivity contribution in [3.8, 4) is 5.69 Å². The molecule has 2 aromatic carbocycles. The van der Waals surface area contributed by atoms with E-state index in [9.17, 15) is 9.18 Å². The molecule has 2 aromatic heterocycles. The van der Waals surface area contributed by atoms with Gasteiger partial charge in [-0.1, -0.05) is 35.9 Å². The molecular formula is C27H29FN6O. The summed E-state index contributed by atoms with van der Waals surface area (Å²) in [5, 5.41) is 17.8. The van der Waals surface area contributed by atoms with Crippen LogP contribution in [0.25, 0.3) is 16.6 Å². The van der Waals surface area contributed by atoms with E-state index in [2.05, 4.69) is 51.6 Å². The number of halogens is 1. The molecule has 1 atom stereocenters. The molecule has 180 valence electrons. The SMILES string of the molecule is Cc1ccc(-n2nc3c(N4CCC[C@@H](C(=O)NCc5ccccc5F)C4)nnc(C)c3c2C)cc1. The number of aromatic nitrogens is 4. The lowest BCUT2D eigenvalue weighted by molar-refractivity contribution is -0.125. The van der Waals surface area contributed by atoms with Crippen LogP contribution in [0, 0.1) is 32.5 Å². The van der Waals surface area contributed by atoms with Crippen molar-refractivity contribution in [2.45, 2.75) is 40.2 Å². The van der Waals surface area contributed by atoms with Crippen LogP contribution in [0.2, 0.25) is 0 Å². The van der Waals surface area contributed by atoms with Gasteiger partial charge >= 0.3 is 0 Å². The first kappa shape index (κ1) is 23.0. The van der Waals surface area contributed by atoms with Gasteiger partial charge in [-0.05, 0) is 51.8 Å². The Morgan fingerprint density at radius 2 is 1.86 bits per heavy atom. The Labute approximate surface area is 204 Å². The molecule has 0 aliphatic carbocycles. The average molecular weight is 473 g/mol. The van der Waals surface area contributed by atoms with E-state index < -0.39 is 0 Å². The number of carbonyl (C=O) groups is 1. The Bertz CT molecular complexity index is 1380. The van der Waals surface area contributed by atoms with Gasteiger partial charge in [-0.25, -0.2) is 9.07 Å². The number of fused-ring (bicyclic) bond motifs is 1. The highest BCUT2D eigenvalue weighted by Crippen LogP contribution is 2.31. The quantitative estimate of drug-likeness (QED) is 0.466. The smallest absolute Gasteiger partial charge is 0.225 e. The largest absolute Gasteiger partial charge is 0.352 e. The predicted molar refractivity (Wildman–Crippen MR) is 134 cm³/mol. The van der Waals surface area contributed by atoms with E-state index in [1.54, 1.807) is 18.2 Å². The standard InChI is InChI=1S/C27H29FN6O/c1-17-10-12-22(13-11-17)34-19(3)24-18(2)30-31-26(25(24)32-34)33-14-6-8-21(16-33)27(35)29-15-20-7-4-5-9-23(20)28/h4-5,7,9-13,21H,6,8,14-16H2,1-3H3,(H,29,35)/t21-/m1/s1. The first-order valence-corrected chi connectivity index (χ1v) is 12.0. The maximum atomic E-state index is 13.9. The summed E-state index contributed by atoms with van der Waals surface area (Å²) >= 11 is 0. The number of nitrogens with one attached hydrogen (secondary N) is 1. The van der Waals surface area contributed by atoms with Gasteiger partial charge in [0, 0.05) is 25.2 Å². The first-order chi connectivity index (χ1) is 16.9. The normalized spacial score (nSPS) is 16.0. The summed E-state index contributed by atoms with van der Waals surface area (Å²) in [7, 11) is 0. The van der Waals surface area contributed by atoms with Crippen molar-refractivity contribution in [3.63, 3.8) is 0 Å². The molecule has 1 aliphatic heterocycles. The molecule has 0 spiro atoms. The molecule has 0 unspecified atom stereocenters. The van der Waals surface area contributed by atoms with Crippen LogP contribution < -0.4 is 10.2 Å². The highest BCUT2D eigenvalue weighted by molar-refractivity contribution is 5.92. The Balaban J connectivity index is 1.40. The molecule has 0 saturated carbocycles. The van der Waals surface area contributed by atoms with Gasteiger partial charge in [-0.15, -0.1) is 5.10 Å². The highest BCUT2D eigenvalue weighted by atomic mass is 19.1. The number of hydrogen-bond donors (Lipinski definition) is 1. The van der Waals surface area contributed by atoms with Crippen molar-refractivity contribution in [1.29, 1.82) is 0 Å². The summed E-state index contributed by atoms with van der Waals surface area (Å²) in [6.45, 7) is 7.53. The lowest BCUT2D eigenvalue weighted by Crippen LogP contribution is -2.43. The van der Waals surface area contributed by atoms with Gasteiger partial charge in [0.1, 0.15) is 11.3 Å². The lowest BCUT2D eigenvalue weighted by Gasteiger charge is -2.32. The number of benzene rings is 2. The summed E-state index contributed by atoms with van der Waals surface area (Å²) in [5.74, 6) is 0.102. The third-order valence-corrected chi connectivity index (χ3v) is 6.77. The summed E-state index contributed by atoms with van der Waals surface area (Å²) in [6.07, 6.45) is 1.63. The van der Waals surface area contributed by atoms with Crippen molar-refractivity contribution in [2.75, 3.05) is 18.0 Å². The van der Waals surface area contributed by atoms with Crippen LogP contribution in [-0.2, 0) is 11.3 Å². The molecular weight excluding hydrogens is 443 g/mol. The molecule has 5 rings (SSSR count). The van der Waals surface area contributed by atoms with E-state index in [-0.39, 0.29) is 24.2 Å². The van der Waals surface area contributed by atoms with Gasteiger partial charge in [0.05, 0.1) is 28.4 Å². The maximum Gasteiger partial charge on any atom is 0.225 e. The second-order valence-corrected chi connectivity index (χ2v) is 9.26. The van der Waals surface area contributed by atoms with Gasteiger partial charge in [0.2, 0.25) is 5.91 Å². The number of aryl methyl sites for hydroxylation is 3. The van der Waals surface area contributed by atoms with Crippen molar-refractivity contribution in [2.24, 2.45) is 5.92 Å². The van der Waals surface area contributed by atoms with E-state index >= 15 is 0 Å². The van der Waals surface area contributed by atoms with E-state index in [1.807, 2.05) is 18.5 Å². The molecule has 1 N–H and O–H groups in total. The summed E-state index contributed by atoms with van der Waals surface area (Å²) < 4.78 is 15.9. The average Bonchev–Trinajstić information content (AvgIpc) is 3.22. The van der Waals surface area contributed by atoms with Gasteiger partial charge in [0.15, 0.2) is 5.82 Å². The van der Waals surface area contributed by atoms with Gasteiger partial charge in [-0.3, -0.25) is 4.79 Å². The minimum atomic E-state index is -0.310. The molecule has 1 fully saturated rings. The number of piperidine rings is 1. The van der Waals surface area contributed by atoms with Crippen LogP contribution in [0.5, 0.6) is 0 Å². The van der Waals surface area contributed by atoms with Crippen LogP contribution in [0.3, 0.4) is 0 Å². The Hall–Kier alpha value is -3.81. The summed E-state index contributed by atoms with van der Waals surface area (Å²) in [6, 6.07) is 14.8. The lowest BCUT2D eigenvalue weighted by atomic mass is 9.97. The van der Waals surface area contributed by atoms with Crippen LogP contribution in [0.15, 0.2) is 48.5 Å². The summed E-state index contributed by atoms with van der Waals surface area (Å²) in [4.78, 5) is 15.0. The molecule has 4 aromatic rings. The molecule has 0 bridgehead atoms. The number of hydrogen-bond acceptors (Lipinski definition) is 5. The van der Waals surface area contributed by atoms with Crippen LogP contribution >= 0.6 is 0 Å². The number of rotatable bonds is 5.